The maximum absolute atomic E-state index is 11.7. The van der Waals surface area contributed by atoms with Gasteiger partial charge in [0.1, 0.15) is 11.5 Å². The number of piperazine rings is 1. The molecule has 2 aromatic rings. The van der Waals surface area contributed by atoms with Crippen molar-refractivity contribution in [3.05, 3.63) is 47.4 Å². The lowest BCUT2D eigenvalue weighted by atomic mass is 10.2. The highest BCUT2D eigenvalue weighted by molar-refractivity contribution is 7.90. The number of rotatable bonds is 7. The molecule has 2 aromatic heterocycles. The van der Waals surface area contributed by atoms with Crippen molar-refractivity contribution >= 4 is 27.6 Å². The van der Waals surface area contributed by atoms with Crippen LogP contribution in [0.1, 0.15) is 21.7 Å². The van der Waals surface area contributed by atoms with Gasteiger partial charge >= 0.3 is 0 Å². The summed E-state index contributed by atoms with van der Waals surface area (Å²) < 4.78 is 27.9. The van der Waals surface area contributed by atoms with E-state index in [9.17, 15) is 13.2 Å². The predicted octanol–water partition coefficient (Wildman–Crippen LogP) is 0.343. The second-order valence-electron chi connectivity index (χ2n) is 7.00. The first kappa shape index (κ1) is 21.9. The van der Waals surface area contributed by atoms with Gasteiger partial charge in [-0.3, -0.25) is 14.4 Å². The number of carbonyl (C=O) groups excluding carboxylic acids is 1. The van der Waals surface area contributed by atoms with Gasteiger partial charge in [-0.25, -0.2) is 14.7 Å². The van der Waals surface area contributed by atoms with E-state index in [0.29, 0.717) is 18.1 Å². The minimum Gasteiger partial charge on any atom is -0.368 e. The lowest BCUT2D eigenvalue weighted by Crippen LogP contribution is -2.46. The monoisotopic (exact) mass is 433 g/mol. The highest BCUT2D eigenvalue weighted by atomic mass is 32.2. The Morgan fingerprint density at radius 2 is 1.87 bits per heavy atom. The van der Waals surface area contributed by atoms with Gasteiger partial charge in [-0.1, -0.05) is 0 Å². The standard InChI is InChI=1S/C19H27N7O3S/c1-14-17(5-4-16(23-14)19(27)20-2)26-10-8-25(9-11-26)13-15-6-7-22-18(12-15)24-30(28,29)21-3/h4-7,12,21H,8-11,13H2,1-3H3,(H,20,27)(H,22,24). The van der Waals surface area contributed by atoms with E-state index in [4.69, 9.17) is 0 Å². The second kappa shape index (κ2) is 9.37. The maximum atomic E-state index is 11.7. The van der Waals surface area contributed by atoms with Crippen LogP contribution in [0.2, 0.25) is 0 Å². The fraction of sp³-hybridized carbons (Fsp3) is 0.421. The number of nitrogens with zero attached hydrogens (tertiary/aromatic N) is 4. The van der Waals surface area contributed by atoms with Crippen molar-refractivity contribution < 1.29 is 13.2 Å². The number of carbonyl (C=O) groups is 1. The van der Waals surface area contributed by atoms with Gasteiger partial charge in [0, 0.05) is 53.0 Å². The van der Waals surface area contributed by atoms with Crippen LogP contribution in [0.4, 0.5) is 11.5 Å². The van der Waals surface area contributed by atoms with Crippen LogP contribution in [-0.4, -0.2) is 69.5 Å². The normalized spacial score (nSPS) is 15.1. The molecule has 162 valence electrons. The summed E-state index contributed by atoms with van der Waals surface area (Å²) in [5.74, 6) is 0.0987. The van der Waals surface area contributed by atoms with Crippen molar-refractivity contribution in [1.29, 1.82) is 0 Å². The maximum Gasteiger partial charge on any atom is 0.300 e. The van der Waals surface area contributed by atoms with Gasteiger partial charge < -0.3 is 10.2 Å². The van der Waals surface area contributed by atoms with E-state index in [0.717, 1.165) is 43.1 Å². The van der Waals surface area contributed by atoms with Crippen LogP contribution in [0, 0.1) is 6.92 Å². The molecule has 1 aliphatic heterocycles. The van der Waals surface area contributed by atoms with Gasteiger partial charge in [-0.2, -0.15) is 8.42 Å². The summed E-state index contributed by atoms with van der Waals surface area (Å²) in [6.45, 7) is 6.02. The third-order valence-corrected chi connectivity index (χ3v) is 5.98. The fourth-order valence-electron chi connectivity index (χ4n) is 3.36. The van der Waals surface area contributed by atoms with Gasteiger partial charge in [0.2, 0.25) is 0 Å². The molecule has 30 heavy (non-hydrogen) atoms. The Balaban J connectivity index is 1.59. The minimum absolute atomic E-state index is 0.191. The lowest BCUT2D eigenvalue weighted by Gasteiger charge is -2.36. The molecule has 0 spiro atoms. The van der Waals surface area contributed by atoms with E-state index in [1.54, 1.807) is 25.4 Å². The molecule has 11 heteroatoms. The number of aryl methyl sites for hydroxylation is 1. The van der Waals surface area contributed by atoms with E-state index in [1.165, 1.54) is 7.05 Å². The molecule has 10 nitrogen and oxygen atoms in total. The zero-order valence-corrected chi connectivity index (χ0v) is 18.2. The Bertz CT molecular complexity index is 1000. The summed E-state index contributed by atoms with van der Waals surface area (Å²) >= 11 is 0. The van der Waals surface area contributed by atoms with E-state index < -0.39 is 10.2 Å². The van der Waals surface area contributed by atoms with Gasteiger partial charge in [0.25, 0.3) is 16.1 Å². The van der Waals surface area contributed by atoms with E-state index in [1.807, 2.05) is 19.1 Å². The first-order chi connectivity index (χ1) is 14.3. The minimum atomic E-state index is -3.59. The Morgan fingerprint density at radius 1 is 1.13 bits per heavy atom. The third-order valence-electron chi connectivity index (χ3n) is 4.97. The van der Waals surface area contributed by atoms with Gasteiger partial charge in [0.15, 0.2) is 0 Å². The van der Waals surface area contributed by atoms with Crippen LogP contribution in [0.5, 0.6) is 0 Å². The molecule has 1 saturated heterocycles. The van der Waals surface area contributed by atoms with Gasteiger partial charge in [0.05, 0.1) is 11.4 Å². The molecule has 3 heterocycles. The molecule has 1 aliphatic rings. The molecule has 0 aromatic carbocycles. The Morgan fingerprint density at radius 3 is 2.50 bits per heavy atom. The molecule has 1 fully saturated rings. The Kier molecular flexibility index (Phi) is 6.85. The zero-order chi connectivity index (χ0) is 21.7. The molecule has 0 bridgehead atoms. The smallest absolute Gasteiger partial charge is 0.300 e. The molecule has 0 saturated carbocycles. The largest absolute Gasteiger partial charge is 0.368 e. The first-order valence-electron chi connectivity index (χ1n) is 9.64. The molecule has 0 atom stereocenters. The van der Waals surface area contributed by atoms with E-state index >= 15 is 0 Å². The third kappa shape index (κ3) is 5.43. The molecule has 3 N–H and O–H groups in total. The van der Waals surface area contributed by atoms with Crippen molar-refractivity contribution in [1.82, 2.24) is 24.9 Å². The predicted molar refractivity (Wildman–Crippen MR) is 116 cm³/mol. The van der Waals surface area contributed by atoms with Gasteiger partial charge in [-0.05, 0) is 36.8 Å². The average Bonchev–Trinajstić information content (AvgIpc) is 2.74. The molecule has 1 amide bonds. The SMILES string of the molecule is CNC(=O)c1ccc(N2CCN(Cc3ccnc(NS(=O)(=O)NC)c3)CC2)c(C)n1. The average molecular weight is 434 g/mol. The quantitative estimate of drug-likeness (QED) is 0.576. The number of anilines is 2. The molecule has 3 rings (SSSR count). The number of aromatic nitrogens is 2. The number of hydrogen-bond donors (Lipinski definition) is 3. The van der Waals surface area contributed by atoms with Crippen LogP contribution < -0.4 is 19.7 Å². The van der Waals surface area contributed by atoms with E-state index in [2.05, 4.69) is 34.5 Å². The summed E-state index contributed by atoms with van der Waals surface area (Å²) in [4.78, 5) is 24.8. The summed E-state index contributed by atoms with van der Waals surface area (Å²) in [7, 11) is -0.655. The molecule has 0 aliphatic carbocycles. The highest BCUT2D eigenvalue weighted by Crippen LogP contribution is 2.21. The number of pyridine rings is 2. The summed E-state index contributed by atoms with van der Waals surface area (Å²) in [5, 5.41) is 2.59. The van der Waals surface area contributed by atoms with Crippen LogP contribution >= 0.6 is 0 Å². The van der Waals surface area contributed by atoms with Crippen LogP contribution in [-0.2, 0) is 16.8 Å². The van der Waals surface area contributed by atoms with Crippen LogP contribution in [0.15, 0.2) is 30.5 Å². The van der Waals surface area contributed by atoms with Crippen molar-refractivity contribution in [2.24, 2.45) is 0 Å². The van der Waals surface area contributed by atoms with Crippen LogP contribution in [0.3, 0.4) is 0 Å². The first-order valence-corrected chi connectivity index (χ1v) is 11.1. The molecular formula is C19H27N7O3S. The van der Waals surface area contributed by atoms with Crippen molar-refractivity contribution in [3.63, 3.8) is 0 Å². The number of hydrogen-bond acceptors (Lipinski definition) is 7. The fourth-order valence-corrected chi connectivity index (χ4v) is 3.85. The van der Waals surface area contributed by atoms with Crippen LogP contribution in [0.25, 0.3) is 0 Å². The van der Waals surface area contributed by atoms with Crippen molar-refractivity contribution in [2.45, 2.75) is 13.5 Å². The van der Waals surface area contributed by atoms with Crippen molar-refractivity contribution in [2.75, 3.05) is 49.9 Å². The van der Waals surface area contributed by atoms with E-state index in [-0.39, 0.29) is 5.91 Å². The topological polar surface area (TPSA) is 120 Å². The lowest BCUT2D eigenvalue weighted by molar-refractivity contribution is 0.0958. The number of amides is 1. The molecule has 0 unspecified atom stereocenters. The summed E-state index contributed by atoms with van der Waals surface area (Å²) in [6, 6.07) is 7.33. The molecular weight excluding hydrogens is 406 g/mol. The molecule has 0 radical (unpaired) electrons. The Hall–Kier alpha value is -2.76. The number of nitrogens with one attached hydrogen (secondary N) is 3. The summed E-state index contributed by atoms with van der Waals surface area (Å²) in [6.07, 6.45) is 1.60. The summed E-state index contributed by atoms with van der Waals surface area (Å²) in [5.41, 5.74) is 3.27. The van der Waals surface area contributed by atoms with Gasteiger partial charge in [-0.15, -0.1) is 0 Å². The zero-order valence-electron chi connectivity index (χ0n) is 17.3. The second-order valence-corrected chi connectivity index (χ2v) is 8.62. The highest BCUT2D eigenvalue weighted by Gasteiger charge is 2.20. The van der Waals surface area contributed by atoms with Crippen molar-refractivity contribution in [3.8, 4) is 0 Å². The Labute approximate surface area is 176 Å².